The average molecular weight is 167 g/mol. The van der Waals surface area contributed by atoms with Gasteiger partial charge in [-0.25, -0.2) is 4.98 Å². The molecule has 0 unspecified atom stereocenters. The van der Waals surface area contributed by atoms with Gasteiger partial charge in [0.25, 0.3) is 5.91 Å². The van der Waals surface area contributed by atoms with E-state index in [1.165, 1.54) is 11.0 Å². The van der Waals surface area contributed by atoms with Crippen LogP contribution in [-0.4, -0.2) is 20.7 Å². The molecule has 0 spiro atoms. The molecular formula is C8H13N3O. The monoisotopic (exact) mass is 167 g/mol. The van der Waals surface area contributed by atoms with Crippen molar-refractivity contribution < 1.29 is 4.79 Å². The zero-order valence-electron chi connectivity index (χ0n) is 7.61. The second-order valence-electron chi connectivity index (χ2n) is 2.95. The largest absolute Gasteiger partial charge is 0.272 e. The van der Waals surface area contributed by atoms with Crippen LogP contribution in [0.25, 0.3) is 0 Å². The molecule has 0 bridgehead atoms. The number of hydrogen-bond donors (Lipinski definition) is 0. The summed E-state index contributed by atoms with van der Waals surface area (Å²) in [6.07, 6.45) is 2.24. The SMILES string of the molecule is CCc1ncn(C(=O)C(C)C)n1. The summed E-state index contributed by atoms with van der Waals surface area (Å²) in [5, 5.41) is 4.01. The van der Waals surface area contributed by atoms with E-state index in [0.717, 1.165) is 6.42 Å². The summed E-state index contributed by atoms with van der Waals surface area (Å²) in [5.74, 6) is 0.669. The summed E-state index contributed by atoms with van der Waals surface area (Å²) < 4.78 is 1.31. The fraction of sp³-hybridized carbons (Fsp3) is 0.625. The van der Waals surface area contributed by atoms with Gasteiger partial charge >= 0.3 is 0 Å². The average Bonchev–Trinajstić information content (AvgIpc) is 2.50. The van der Waals surface area contributed by atoms with Crippen LogP contribution in [-0.2, 0) is 6.42 Å². The van der Waals surface area contributed by atoms with Gasteiger partial charge in [0.1, 0.15) is 6.33 Å². The van der Waals surface area contributed by atoms with E-state index in [2.05, 4.69) is 10.1 Å². The van der Waals surface area contributed by atoms with Crippen molar-refractivity contribution in [1.29, 1.82) is 0 Å². The second kappa shape index (κ2) is 3.47. The van der Waals surface area contributed by atoms with Crippen LogP contribution in [0.1, 0.15) is 31.4 Å². The van der Waals surface area contributed by atoms with Gasteiger partial charge in [-0.15, -0.1) is 5.10 Å². The highest BCUT2D eigenvalue weighted by Gasteiger charge is 2.10. The van der Waals surface area contributed by atoms with Gasteiger partial charge in [-0.2, -0.15) is 4.68 Å². The third-order valence-corrected chi connectivity index (χ3v) is 1.58. The molecule has 0 fully saturated rings. The second-order valence-corrected chi connectivity index (χ2v) is 2.95. The van der Waals surface area contributed by atoms with E-state index in [4.69, 9.17) is 0 Å². The molecule has 0 aliphatic carbocycles. The van der Waals surface area contributed by atoms with Gasteiger partial charge in [-0.1, -0.05) is 20.8 Å². The Balaban J connectivity index is 2.82. The zero-order chi connectivity index (χ0) is 9.14. The van der Waals surface area contributed by atoms with Crippen molar-refractivity contribution in [1.82, 2.24) is 14.8 Å². The maximum Gasteiger partial charge on any atom is 0.250 e. The van der Waals surface area contributed by atoms with E-state index >= 15 is 0 Å². The third kappa shape index (κ3) is 1.69. The highest BCUT2D eigenvalue weighted by molar-refractivity contribution is 5.79. The number of rotatable bonds is 2. The lowest BCUT2D eigenvalue weighted by molar-refractivity contribution is 0.0837. The molecule has 0 aromatic carbocycles. The smallest absolute Gasteiger partial charge is 0.250 e. The number of aryl methyl sites for hydroxylation is 1. The lowest BCUT2D eigenvalue weighted by Gasteiger charge is -2.00. The van der Waals surface area contributed by atoms with Crippen molar-refractivity contribution in [3.8, 4) is 0 Å². The molecule has 0 amide bonds. The van der Waals surface area contributed by atoms with Crippen LogP contribution < -0.4 is 0 Å². The van der Waals surface area contributed by atoms with Crippen LogP contribution >= 0.6 is 0 Å². The van der Waals surface area contributed by atoms with Crippen LogP contribution in [0, 0.1) is 5.92 Å². The van der Waals surface area contributed by atoms with Gasteiger partial charge in [0.05, 0.1) is 0 Å². The van der Waals surface area contributed by atoms with Crippen LogP contribution in [0.2, 0.25) is 0 Å². The highest BCUT2D eigenvalue weighted by Crippen LogP contribution is 1.98. The summed E-state index contributed by atoms with van der Waals surface area (Å²) in [5.41, 5.74) is 0. The summed E-state index contributed by atoms with van der Waals surface area (Å²) in [7, 11) is 0. The normalized spacial score (nSPS) is 10.7. The Kier molecular flexibility index (Phi) is 2.58. The minimum atomic E-state index is -0.0311. The molecule has 1 aromatic heterocycles. The first kappa shape index (κ1) is 8.90. The molecule has 0 atom stereocenters. The molecule has 66 valence electrons. The molecule has 1 rings (SSSR count). The molecule has 1 heterocycles. The lowest BCUT2D eigenvalue weighted by atomic mass is 10.2. The van der Waals surface area contributed by atoms with Crippen molar-refractivity contribution in [2.24, 2.45) is 5.92 Å². The van der Waals surface area contributed by atoms with Gasteiger partial charge in [-0.3, -0.25) is 4.79 Å². The van der Waals surface area contributed by atoms with E-state index < -0.39 is 0 Å². The van der Waals surface area contributed by atoms with E-state index in [0.29, 0.717) is 5.82 Å². The molecule has 12 heavy (non-hydrogen) atoms. The highest BCUT2D eigenvalue weighted by atomic mass is 16.2. The van der Waals surface area contributed by atoms with Crippen molar-refractivity contribution in [2.75, 3.05) is 0 Å². The first-order valence-corrected chi connectivity index (χ1v) is 4.10. The first-order valence-electron chi connectivity index (χ1n) is 4.10. The fourth-order valence-electron chi connectivity index (χ4n) is 0.830. The summed E-state index contributed by atoms with van der Waals surface area (Å²) in [4.78, 5) is 15.3. The Hall–Kier alpha value is -1.19. The molecular weight excluding hydrogens is 154 g/mol. The van der Waals surface area contributed by atoms with Gasteiger partial charge in [-0.05, 0) is 0 Å². The molecule has 1 aromatic rings. The summed E-state index contributed by atoms with van der Waals surface area (Å²) in [6.45, 7) is 5.64. The Morgan fingerprint density at radius 1 is 1.67 bits per heavy atom. The molecule has 0 aliphatic rings. The number of carbonyl (C=O) groups excluding carboxylic acids is 1. The van der Waals surface area contributed by atoms with Crippen molar-refractivity contribution in [3.05, 3.63) is 12.2 Å². The number of hydrogen-bond acceptors (Lipinski definition) is 3. The Morgan fingerprint density at radius 3 is 2.75 bits per heavy atom. The van der Waals surface area contributed by atoms with Crippen molar-refractivity contribution >= 4 is 5.91 Å². The Morgan fingerprint density at radius 2 is 2.33 bits per heavy atom. The molecule has 0 N–H and O–H groups in total. The predicted molar refractivity (Wildman–Crippen MR) is 44.9 cm³/mol. The quantitative estimate of drug-likeness (QED) is 0.663. The standard InChI is InChI=1S/C8H13N3O/c1-4-7-9-5-11(10-7)8(12)6(2)3/h5-6H,4H2,1-3H3. The fourth-order valence-corrected chi connectivity index (χ4v) is 0.830. The first-order chi connectivity index (χ1) is 5.65. The molecule has 0 aliphatic heterocycles. The zero-order valence-corrected chi connectivity index (χ0v) is 7.61. The maximum atomic E-state index is 11.3. The van der Waals surface area contributed by atoms with E-state index in [9.17, 15) is 4.79 Å². The van der Waals surface area contributed by atoms with Gasteiger partial charge in [0.15, 0.2) is 5.82 Å². The minimum absolute atomic E-state index is 0.0119. The minimum Gasteiger partial charge on any atom is -0.272 e. The molecule has 0 radical (unpaired) electrons. The predicted octanol–water partition coefficient (Wildman–Crippen LogP) is 1.14. The van der Waals surface area contributed by atoms with Gasteiger partial charge in [0, 0.05) is 12.3 Å². The third-order valence-electron chi connectivity index (χ3n) is 1.58. The van der Waals surface area contributed by atoms with Gasteiger partial charge < -0.3 is 0 Å². The Labute approximate surface area is 71.6 Å². The topological polar surface area (TPSA) is 47.8 Å². The van der Waals surface area contributed by atoms with Crippen LogP contribution in [0.4, 0.5) is 0 Å². The van der Waals surface area contributed by atoms with Gasteiger partial charge in [0.2, 0.25) is 0 Å². The number of nitrogens with zero attached hydrogens (tertiary/aromatic N) is 3. The van der Waals surface area contributed by atoms with Crippen LogP contribution in [0.3, 0.4) is 0 Å². The summed E-state index contributed by atoms with van der Waals surface area (Å²) >= 11 is 0. The van der Waals surface area contributed by atoms with Crippen LogP contribution in [0.5, 0.6) is 0 Å². The number of aromatic nitrogens is 3. The molecule has 0 saturated heterocycles. The molecule has 4 nitrogen and oxygen atoms in total. The maximum absolute atomic E-state index is 11.3. The molecule has 0 saturated carbocycles. The summed E-state index contributed by atoms with van der Waals surface area (Å²) in [6, 6.07) is 0. The van der Waals surface area contributed by atoms with E-state index in [1.54, 1.807) is 0 Å². The van der Waals surface area contributed by atoms with E-state index in [1.807, 2.05) is 20.8 Å². The Bertz CT molecular complexity index is 278. The molecule has 4 heteroatoms. The van der Waals surface area contributed by atoms with Crippen molar-refractivity contribution in [3.63, 3.8) is 0 Å². The van der Waals surface area contributed by atoms with Crippen LogP contribution in [0.15, 0.2) is 6.33 Å². The van der Waals surface area contributed by atoms with Crippen molar-refractivity contribution in [2.45, 2.75) is 27.2 Å². The lowest BCUT2D eigenvalue weighted by Crippen LogP contribution is -2.17. The van der Waals surface area contributed by atoms with E-state index in [-0.39, 0.29) is 11.8 Å². The number of carbonyl (C=O) groups is 1.